The summed E-state index contributed by atoms with van der Waals surface area (Å²) >= 11 is 1.89. The predicted molar refractivity (Wildman–Crippen MR) is 84.9 cm³/mol. The van der Waals surface area contributed by atoms with Crippen LogP contribution in [0.3, 0.4) is 0 Å². The smallest absolute Gasteiger partial charge is 0.0218 e. The first kappa shape index (κ1) is 15.0. The monoisotopic (exact) mass is 280 g/mol. The van der Waals surface area contributed by atoms with E-state index in [1.54, 1.807) is 0 Å². The molecule has 1 aliphatic heterocycles. The van der Waals surface area contributed by atoms with Crippen LogP contribution >= 0.6 is 11.3 Å². The van der Waals surface area contributed by atoms with E-state index in [1.165, 1.54) is 43.8 Å². The Bertz CT molecular complexity index is 348. The minimum atomic E-state index is 0.686. The molecule has 0 aliphatic carbocycles. The van der Waals surface area contributed by atoms with E-state index in [-0.39, 0.29) is 0 Å². The van der Waals surface area contributed by atoms with Crippen molar-refractivity contribution in [2.75, 3.05) is 19.6 Å². The fourth-order valence-corrected chi connectivity index (χ4v) is 3.74. The lowest BCUT2D eigenvalue weighted by atomic mass is 9.99. The second-order valence-corrected chi connectivity index (χ2v) is 7.15. The van der Waals surface area contributed by atoms with Crippen molar-refractivity contribution in [1.29, 1.82) is 0 Å². The van der Waals surface area contributed by atoms with Crippen LogP contribution in [0, 0.1) is 5.92 Å². The number of rotatable bonds is 6. The number of nitrogens with one attached hydrogen (secondary N) is 1. The third kappa shape index (κ3) is 4.59. The SMILES string of the molecule is CCC1CNC(CC(C)C)CN1CCc1cccs1. The van der Waals surface area contributed by atoms with Crippen LogP contribution in [0.1, 0.15) is 38.5 Å². The number of hydrogen-bond acceptors (Lipinski definition) is 3. The molecule has 0 saturated carbocycles. The normalized spacial score (nSPS) is 25.1. The molecule has 108 valence electrons. The molecule has 0 amide bonds. The molecule has 0 bridgehead atoms. The lowest BCUT2D eigenvalue weighted by Gasteiger charge is -2.40. The molecular weight excluding hydrogens is 252 g/mol. The summed E-state index contributed by atoms with van der Waals surface area (Å²) < 4.78 is 0. The Morgan fingerprint density at radius 1 is 1.47 bits per heavy atom. The fourth-order valence-electron chi connectivity index (χ4n) is 3.04. The third-order valence-corrected chi connectivity index (χ3v) is 5.00. The van der Waals surface area contributed by atoms with Crippen LogP contribution in [0.15, 0.2) is 17.5 Å². The van der Waals surface area contributed by atoms with Crippen LogP contribution in [0.25, 0.3) is 0 Å². The van der Waals surface area contributed by atoms with Gasteiger partial charge in [-0.1, -0.05) is 26.8 Å². The van der Waals surface area contributed by atoms with E-state index in [4.69, 9.17) is 0 Å². The average Bonchev–Trinajstić information content (AvgIpc) is 2.89. The average molecular weight is 280 g/mol. The van der Waals surface area contributed by atoms with Gasteiger partial charge in [0.05, 0.1) is 0 Å². The molecule has 3 heteroatoms. The summed E-state index contributed by atoms with van der Waals surface area (Å²) in [5.41, 5.74) is 0. The van der Waals surface area contributed by atoms with Crippen LogP contribution in [0.2, 0.25) is 0 Å². The van der Waals surface area contributed by atoms with Crippen LogP contribution in [0.5, 0.6) is 0 Å². The lowest BCUT2D eigenvalue weighted by Crippen LogP contribution is -2.56. The second-order valence-electron chi connectivity index (χ2n) is 6.12. The molecule has 1 N–H and O–H groups in total. The molecule has 0 aromatic carbocycles. The van der Waals surface area contributed by atoms with E-state index in [1.807, 2.05) is 11.3 Å². The summed E-state index contributed by atoms with van der Waals surface area (Å²) in [6.07, 6.45) is 3.76. The molecule has 0 radical (unpaired) electrons. The van der Waals surface area contributed by atoms with Crippen molar-refractivity contribution < 1.29 is 0 Å². The van der Waals surface area contributed by atoms with Crippen molar-refractivity contribution in [1.82, 2.24) is 10.2 Å². The van der Waals surface area contributed by atoms with Gasteiger partial charge in [0.15, 0.2) is 0 Å². The van der Waals surface area contributed by atoms with Crippen LogP contribution in [0.4, 0.5) is 0 Å². The van der Waals surface area contributed by atoms with Gasteiger partial charge >= 0.3 is 0 Å². The maximum absolute atomic E-state index is 3.74. The molecule has 2 heterocycles. The first-order valence-electron chi connectivity index (χ1n) is 7.68. The topological polar surface area (TPSA) is 15.3 Å². The first-order chi connectivity index (χ1) is 9.19. The molecule has 1 aromatic heterocycles. The highest BCUT2D eigenvalue weighted by molar-refractivity contribution is 7.09. The van der Waals surface area contributed by atoms with E-state index >= 15 is 0 Å². The van der Waals surface area contributed by atoms with Crippen molar-refractivity contribution in [3.05, 3.63) is 22.4 Å². The lowest BCUT2D eigenvalue weighted by molar-refractivity contribution is 0.120. The Morgan fingerprint density at radius 2 is 2.32 bits per heavy atom. The van der Waals surface area contributed by atoms with Gasteiger partial charge in [-0.3, -0.25) is 4.90 Å². The minimum absolute atomic E-state index is 0.686. The van der Waals surface area contributed by atoms with Gasteiger partial charge in [-0.15, -0.1) is 11.3 Å². The summed E-state index contributed by atoms with van der Waals surface area (Å²) in [5, 5.41) is 5.92. The molecule has 2 nitrogen and oxygen atoms in total. The molecule has 1 aliphatic rings. The number of thiophene rings is 1. The zero-order valence-corrected chi connectivity index (χ0v) is 13.4. The van der Waals surface area contributed by atoms with Gasteiger partial charge in [-0.2, -0.15) is 0 Å². The third-order valence-electron chi connectivity index (χ3n) is 4.07. The van der Waals surface area contributed by atoms with E-state index in [9.17, 15) is 0 Å². The quantitative estimate of drug-likeness (QED) is 0.859. The molecular formula is C16H28N2S. The van der Waals surface area contributed by atoms with Gasteiger partial charge in [0.2, 0.25) is 0 Å². The molecule has 19 heavy (non-hydrogen) atoms. The van der Waals surface area contributed by atoms with Gasteiger partial charge < -0.3 is 5.32 Å². The minimum Gasteiger partial charge on any atom is -0.311 e. The fraction of sp³-hybridized carbons (Fsp3) is 0.750. The maximum atomic E-state index is 3.74. The predicted octanol–water partition coefficient (Wildman–Crippen LogP) is 3.39. The molecule has 1 aromatic rings. The summed E-state index contributed by atoms with van der Waals surface area (Å²) in [5.74, 6) is 0.787. The van der Waals surface area contributed by atoms with Crippen molar-refractivity contribution in [3.63, 3.8) is 0 Å². The largest absolute Gasteiger partial charge is 0.311 e. The Morgan fingerprint density at radius 3 is 2.95 bits per heavy atom. The van der Waals surface area contributed by atoms with E-state index < -0.39 is 0 Å². The summed E-state index contributed by atoms with van der Waals surface area (Å²) in [7, 11) is 0. The summed E-state index contributed by atoms with van der Waals surface area (Å²) in [4.78, 5) is 4.23. The van der Waals surface area contributed by atoms with Crippen molar-refractivity contribution >= 4 is 11.3 Å². The van der Waals surface area contributed by atoms with Crippen molar-refractivity contribution in [2.45, 2.75) is 52.1 Å². The standard InChI is InChI=1S/C16H28N2S/c1-4-15-11-17-14(10-13(2)3)12-18(15)8-7-16-6-5-9-19-16/h5-6,9,13-15,17H,4,7-8,10-12H2,1-3H3. The highest BCUT2D eigenvalue weighted by Gasteiger charge is 2.26. The first-order valence-corrected chi connectivity index (χ1v) is 8.56. The Labute approximate surface area is 122 Å². The number of hydrogen-bond donors (Lipinski definition) is 1. The van der Waals surface area contributed by atoms with Gasteiger partial charge in [-0.05, 0) is 36.6 Å². The highest BCUT2D eigenvalue weighted by atomic mass is 32.1. The van der Waals surface area contributed by atoms with Gasteiger partial charge in [0, 0.05) is 36.6 Å². The zero-order valence-electron chi connectivity index (χ0n) is 12.6. The summed E-state index contributed by atoms with van der Waals surface area (Å²) in [6, 6.07) is 5.84. The van der Waals surface area contributed by atoms with E-state index in [0.29, 0.717) is 6.04 Å². The van der Waals surface area contributed by atoms with E-state index in [2.05, 4.69) is 48.5 Å². The highest BCUT2D eigenvalue weighted by Crippen LogP contribution is 2.17. The number of nitrogens with zero attached hydrogens (tertiary/aromatic N) is 1. The molecule has 1 saturated heterocycles. The molecule has 2 atom stereocenters. The Hall–Kier alpha value is -0.380. The second kappa shape index (κ2) is 7.41. The van der Waals surface area contributed by atoms with Gasteiger partial charge in [-0.25, -0.2) is 0 Å². The van der Waals surface area contributed by atoms with Crippen LogP contribution in [-0.4, -0.2) is 36.6 Å². The molecule has 0 spiro atoms. The molecule has 1 fully saturated rings. The van der Waals surface area contributed by atoms with Crippen LogP contribution < -0.4 is 5.32 Å². The molecule has 2 rings (SSSR count). The Kier molecular flexibility index (Phi) is 5.86. The molecule has 2 unspecified atom stereocenters. The Balaban J connectivity index is 1.86. The van der Waals surface area contributed by atoms with Gasteiger partial charge in [0.1, 0.15) is 0 Å². The maximum Gasteiger partial charge on any atom is 0.0218 e. The van der Waals surface area contributed by atoms with Crippen LogP contribution in [-0.2, 0) is 6.42 Å². The van der Waals surface area contributed by atoms with E-state index in [0.717, 1.165) is 12.0 Å². The van der Waals surface area contributed by atoms with Crippen molar-refractivity contribution in [2.24, 2.45) is 5.92 Å². The summed E-state index contributed by atoms with van der Waals surface area (Å²) in [6.45, 7) is 10.6. The number of piperazine rings is 1. The van der Waals surface area contributed by atoms with Crippen molar-refractivity contribution in [3.8, 4) is 0 Å². The van der Waals surface area contributed by atoms with Gasteiger partial charge in [0.25, 0.3) is 0 Å². The zero-order chi connectivity index (χ0) is 13.7.